The average molecular weight is 253 g/mol. The van der Waals surface area contributed by atoms with E-state index in [1.807, 2.05) is 0 Å². The van der Waals surface area contributed by atoms with Crippen molar-refractivity contribution in [2.45, 2.75) is 45.8 Å². The Balaban J connectivity index is 2.93. The van der Waals surface area contributed by atoms with Crippen molar-refractivity contribution >= 4 is 5.91 Å². The maximum atomic E-state index is 13.4. The summed E-state index contributed by atoms with van der Waals surface area (Å²) in [5.74, 6) is -0.815. The summed E-state index contributed by atoms with van der Waals surface area (Å²) in [7, 11) is 0. The van der Waals surface area contributed by atoms with E-state index in [0.29, 0.717) is 5.56 Å². The number of aryl methyl sites for hydroxylation is 1. The third-order valence-corrected chi connectivity index (χ3v) is 3.39. The first-order valence-corrected chi connectivity index (χ1v) is 5.85. The van der Waals surface area contributed by atoms with Crippen LogP contribution in [0.1, 0.15) is 43.6 Å². The molecule has 1 rings (SSSR count). The number of hydrogen-bond donors (Lipinski definition) is 2. The van der Waals surface area contributed by atoms with Crippen LogP contribution in [0.3, 0.4) is 0 Å². The van der Waals surface area contributed by atoms with Gasteiger partial charge in [-0.15, -0.1) is 0 Å². The van der Waals surface area contributed by atoms with E-state index in [1.54, 1.807) is 46.8 Å². The van der Waals surface area contributed by atoms with Gasteiger partial charge in [-0.05, 0) is 52.3 Å². The standard InChI is InChI=1S/C14H20FNO2/c1-9-6-7-10(8-11(9)15)12(17)16-13(2,3)14(4,5)18/h6-8,18H,1-5H3,(H,16,17). The second kappa shape index (κ2) is 4.69. The molecule has 100 valence electrons. The molecule has 0 saturated heterocycles. The van der Waals surface area contributed by atoms with Crippen LogP contribution < -0.4 is 5.32 Å². The molecule has 0 aliphatic carbocycles. The number of hydrogen-bond acceptors (Lipinski definition) is 2. The van der Waals surface area contributed by atoms with Gasteiger partial charge in [0, 0.05) is 5.56 Å². The largest absolute Gasteiger partial charge is 0.388 e. The second-order valence-electron chi connectivity index (χ2n) is 5.60. The number of rotatable bonds is 3. The molecule has 4 heteroatoms. The van der Waals surface area contributed by atoms with Crippen molar-refractivity contribution in [2.75, 3.05) is 0 Å². The van der Waals surface area contributed by atoms with Gasteiger partial charge < -0.3 is 10.4 Å². The van der Waals surface area contributed by atoms with E-state index in [0.717, 1.165) is 0 Å². The Kier molecular flexibility index (Phi) is 3.81. The molecule has 0 bridgehead atoms. The quantitative estimate of drug-likeness (QED) is 0.869. The van der Waals surface area contributed by atoms with E-state index in [2.05, 4.69) is 5.32 Å². The normalized spacial score (nSPS) is 12.4. The number of amides is 1. The van der Waals surface area contributed by atoms with E-state index in [-0.39, 0.29) is 5.56 Å². The third kappa shape index (κ3) is 3.07. The van der Waals surface area contributed by atoms with Gasteiger partial charge in [-0.25, -0.2) is 4.39 Å². The van der Waals surface area contributed by atoms with Crippen LogP contribution in [0, 0.1) is 12.7 Å². The van der Waals surface area contributed by atoms with Crippen molar-refractivity contribution in [3.8, 4) is 0 Å². The van der Waals surface area contributed by atoms with Gasteiger partial charge in [0.25, 0.3) is 5.91 Å². The molecule has 0 saturated carbocycles. The van der Waals surface area contributed by atoms with Crippen LogP contribution in [0.15, 0.2) is 18.2 Å². The smallest absolute Gasteiger partial charge is 0.251 e. The van der Waals surface area contributed by atoms with Gasteiger partial charge in [-0.1, -0.05) is 6.07 Å². The maximum Gasteiger partial charge on any atom is 0.251 e. The van der Waals surface area contributed by atoms with Crippen molar-refractivity contribution in [3.63, 3.8) is 0 Å². The van der Waals surface area contributed by atoms with E-state index >= 15 is 0 Å². The molecule has 0 spiro atoms. The lowest BCUT2D eigenvalue weighted by Gasteiger charge is -2.38. The maximum absolute atomic E-state index is 13.4. The zero-order chi connectivity index (χ0) is 14.1. The molecule has 1 amide bonds. The van der Waals surface area contributed by atoms with Crippen LogP contribution >= 0.6 is 0 Å². The van der Waals surface area contributed by atoms with E-state index in [4.69, 9.17) is 0 Å². The van der Waals surface area contributed by atoms with Crippen molar-refractivity contribution in [3.05, 3.63) is 35.1 Å². The molecule has 2 N–H and O–H groups in total. The van der Waals surface area contributed by atoms with E-state index in [1.165, 1.54) is 6.07 Å². The molecule has 0 unspecified atom stereocenters. The summed E-state index contributed by atoms with van der Waals surface area (Å²) in [6.07, 6.45) is 0. The summed E-state index contributed by atoms with van der Waals surface area (Å²) >= 11 is 0. The zero-order valence-electron chi connectivity index (χ0n) is 11.5. The Bertz CT molecular complexity index is 461. The van der Waals surface area contributed by atoms with E-state index in [9.17, 15) is 14.3 Å². The lowest BCUT2D eigenvalue weighted by Crippen LogP contribution is -2.57. The summed E-state index contributed by atoms with van der Waals surface area (Å²) in [5, 5.41) is 12.7. The SMILES string of the molecule is Cc1ccc(C(=O)NC(C)(C)C(C)(C)O)cc1F. The zero-order valence-corrected chi connectivity index (χ0v) is 11.5. The van der Waals surface area contributed by atoms with Crippen molar-refractivity contribution in [1.29, 1.82) is 0 Å². The second-order valence-corrected chi connectivity index (χ2v) is 5.60. The Morgan fingerprint density at radius 2 is 1.83 bits per heavy atom. The summed E-state index contributed by atoms with van der Waals surface area (Å²) < 4.78 is 13.4. The number of carbonyl (C=O) groups excluding carboxylic acids is 1. The van der Waals surface area contributed by atoms with Crippen LogP contribution in [0.25, 0.3) is 0 Å². The lowest BCUT2D eigenvalue weighted by atomic mass is 9.85. The fourth-order valence-electron chi connectivity index (χ4n) is 1.24. The molecule has 0 aliphatic heterocycles. The summed E-state index contributed by atoms with van der Waals surface area (Å²) in [5.41, 5.74) is -1.15. The first-order valence-electron chi connectivity index (χ1n) is 5.85. The third-order valence-electron chi connectivity index (χ3n) is 3.39. The fourth-order valence-corrected chi connectivity index (χ4v) is 1.24. The molecule has 1 aromatic rings. The number of benzene rings is 1. The minimum Gasteiger partial charge on any atom is -0.388 e. The topological polar surface area (TPSA) is 49.3 Å². The predicted octanol–water partition coefficient (Wildman–Crippen LogP) is 2.41. The highest BCUT2D eigenvalue weighted by Crippen LogP contribution is 2.21. The minimum absolute atomic E-state index is 0.246. The highest BCUT2D eigenvalue weighted by molar-refractivity contribution is 5.94. The van der Waals surface area contributed by atoms with Gasteiger partial charge in [-0.2, -0.15) is 0 Å². The molecule has 0 heterocycles. The van der Waals surface area contributed by atoms with Crippen LogP contribution in [0.4, 0.5) is 4.39 Å². The van der Waals surface area contributed by atoms with Crippen LogP contribution in [-0.4, -0.2) is 22.2 Å². The Morgan fingerprint density at radius 3 is 2.28 bits per heavy atom. The molecular formula is C14H20FNO2. The summed E-state index contributed by atoms with van der Waals surface area (Å²) in [4.78, 5) is 12.0. The average Bonchev–Trinajstić information content (AvgIpc) is 2.19. The van der Waals surface area contributed by atoms with Gasteiger partial charge in [0.2, 0.25) is 0 Å². The molecule has 1 aromatic carbocycles. The number of halogens is 1. The number of aliphatic hydroxyl groups is 1. The van der Waals surface area contributed by atoms with Gasteiger partial charge in [0.05, 0.1) is 11.1 Å². The Labute approximate surface area is 107 Å². The molecule has 0 radical (unpaired) electrons. The van der Waals surface area contributed by atoms with E-state index < -0.39 is 22.9 Å². The monoisotopic (exact) mass is 253 g/mol. The lowest BCUT2D eigenvalue weighted by molar-refractivity contribution is -0.00293. The van der Waals surface area contributed by atoms with Crippen LogP contribution in [0.2, 0.25) is 0 Å². The first kappa shape index (κ1) is 14.6. The van der Waals surface area contributed by atoms with Crippen LogP contribution in [0.5, 0.6) is 0 Å². The van der Waals surface area contributed by atoms with Gasteiger partial charge >= 0.3 is 0 Å². The first-order chi connectivity index (χ1) is 8.04. The highest BCUT2D eigenvalue weighted by atomic mass is 19.1. The summed E-state index contributed by atoms with van der Waals surface area (Å²) in [6.45, 7) is 8.30. The van der Waals surface area contributed by atoms with Gasteiger partial charge in [0.1, 0.15) is 5.82 Å². The highest BCUT2D eigenvalue weighted by Gasteiger charge is 2.36. The van der Waals surface area contributed by atoms with Crippen molar-refractivity contribution in [1.82, 2.24) is 5.32 Å². The molecule has 18 heavy (non-hydrogen) atoms. The number of carbonyl (C=O) groups is 1. The van der Waals surface area contributed by atoms with Crippen molar-refractivity contribution in [2.24, 2.45) is 0 Å². The molecule has 3 nitrogen and oxygen atoms in total. The molecule has 0 fully saturated rings. The predicted molar refractivity (Wildman–Crippen MR) is 69.0 cm³/mol. The molecule has 0 aromatic heterocycles. The molecule has 0 aliphatic rings. The van der Waals surface area contributed by atoms with Crippen molar-refractivity contribution < 1.29 is 14.3 Å². The van der Waals surface area contributed by atoms with Crippen LogP contribution in [-0.2, 0) is 0 Å². The Hall–Kier alpha value is -1.42. The van der Waals surface area contributed by atoms with Gasteiger partial charge in [-0.3, -0.25) is 4.79 Å². The summed E-state index contributed by atoms with van der Waals surface area (Å²) in [6, 6.07) is 4.32. The van der Waals surface area contributed by atoms with Gasteiger partial charge in [0.15, 0.2) is 0 Å². The molecule has 0 atom stereocenters. The minimum atomic E-state index is -1.08. The Morgan fingerprint density at radius 1 is 1.28 bits per heavy atom. The molecular weight excluding hydrogens is 233 g/mol. The number of nitrogens with one attached hydrogen (secondary N) is 1. The fraction of sp³-hybridized carbons (Fsp3) is 0.500.